The minimum Gasteiger partial charge on any atom is -0.366 e. The SMILES string of the molecule is NC(=O)C1=Cc2ccccc2SN=C1c1cc2ccccc2c2ccc3c(c12)CCCC3. The molecule has 32 heavy (non-hydrogen) atoms. The third-order valence-electron chi connectivity index (χ3n) is 6.58. The Balaban J connectivity index is 1.71. The molecule has 1 amide bonds. The molecule has 4 aromatic carbocycles. The van der Waals surface area contributed by atoms with E-state index in [1.165, 1.54) is 52.1 Å². The van der Waals surface area contributed by atoms with E-state index in [4.69, 9.17) is 10.1 Å². The van der Waals surface area contributed by atoms with E-state index in [1.807, 2.05) is 30.3 Å². The zero-order chi connectivity index (χ0) is 21.7. The van der Waals surface area contributed by atoms with Crippen molar-refractivity contribution < 1.29 is 4.79 Å². The summed E-state index contributed by atoms with van der Waals surface area (Å²) in [5.74, 6) is -0.452. The smallest absolute Gasteiger partial charge is 0.250 e. The fourth-order valence-corrected chi connectivity index (χ4v) is 5.83. The minimum absolute atomic E-state index is 0.452. The second kappa shape index (κ2) is 7.64. The van der Waals surface area contributed by atoms with E-state index in [0.29, 0.717) is 11.3 Å². The first-order valence-electron chi connectivity index (χ1n) is 11.0. The minimum atomic E-state index is -0.452. The van der Waals surface area contributed by atoms with Gasteiger partial charge in [0.1, 0.15) is 0 Å². The molecule has 1 aliphatic carbocycles. The van der Waals surface area contributed by atoms with Gasteiger partial charge in [-0.15, -0.1) is 0 Å². The quantitative estimate of drug-likeness (QED) is 0.299. The van der Waals surface area contributed by atoms with Gasteiger partial charge in [0.05, 0.1) is 11.3 Å². The van der Waals surface area contributed by atoms with Crippen molar-refractivity contribution >= 4 is 51.2 Å². The van der Waals surface area contributed by atoms with Gasteiger partial charge in [0.2, 0.25) is 0 Å². The lowest BCUT2D eigenvalue weighted by atomic mass is 9.82. The van der Waals surface area contributed by atoms with Crippen LogP contribution in [0, 0.1) is 0 Å². The van der Waals surface area contributed by atoms with Crippen LogP contribution in [0.3, 0.4) is 0 Å². The lowest BCUT2D eigenvalue weighted by Crippen LogP contribution is -2.21. The maximum atomic E-state index is 12.7. The fourth-order valence-electron chi connectivity index (χ4n) is 5.08. The molecule has 0 unspecified atom stereocenters. The number of hydrogen-bond donors (Lipinski definition) is 1. The van der Waals surface area contributed by atoms with Crippen LogP contribution in [0.1, 0.15) is 35.1 Å². The molecule has 1 aliphatic heterocycles. The zero-order valence-electron chi connectivity index (χ0n) is 17.6. The molecule has 0 bridgehead atoms. The van der Waals surface area contributed by atoms with Gasteiger partial charge in [-0.1, -0.05) is 54.6 Å². The average Bonchev–Trinajstić information content (AvgIpc) is 3.03. The third-order valence-corrected chi connectivity index (χ3v) is 7.43. The van der Waals surface area contributed by atoms with E-state index >= 15 is 0 Å². The highest BCUT2D eigenvalue weighted by molar-refractivity contribution is 7.98. The summed E-state index contributed by atoms with van der Waals surface area (Å²) in [5, 5.41) is 4.81. The first-order valence-corrected chi connectivity index (χ1v) is 11.8. The van der Waals surface area contributed by atoms with E-state index in [1.54, 1.807) is 0 Å². The molecule has 0 saturated heterocycles. The van der Waals surface area contributed by atoms with Crippen LogP contribution in [0.15, 0.2) is 81.6 Å². The Morgan fingerprint density at radius 3 is 2.62 bits per heavy atom. The van der Waals surface area contributed by atoms with Crippen LogP contribution in [-0.4, -0.2) is 11.6 Å². The fraction of sp³-hybridized carbons (Fsp3) is 0.143. The second-order valence-corrected chi connectivity index (χ2v) is 9.27. The molecular formula is C28H22N2OS. The Bertz CT molecular complexity index is 1480. The van der Waals surface area contributed by atoms with E-state index in [2.05, 4.69) is 42.5 Å². The molecule has 0 radical (unpaired) electrons. The van der Waals surface area contributed by atoms with Crippen molar-refractivity contribution in [3.63, 3.8) is 0 Å². The highest BCUT2D eigenvalue weighted by Crippen LogP contribution is 2.39. The monoisotopic (exact) mass is 434 g/mol. The number of rotatable bonds is 2. The van der Waals surface area contributed by atoms with Crippen molar-refractivity contribution in [1.82, 2.24) is 0 Å². The Morgan fingerprint density at radius 2 is 1.72 bits per heavy atom. The average molecular weight is 435 g/mol. The van der Waals surface area contributed by atoms with Crippen molar-refractivity contribution in [2.75, 3.05) is 0 Å². The molecule has 0 fully saturated rings. The topological polar surface area (TPSA) is 55.5 Å². The third kappa shape index (κ3) is 3.06. The van der Waals surface area contributed by atoms with Crippen molar-refractivity contribution in [3.8, 4) is 0 Å². The highest BCUT2D eigenvalue weighted by Gasteiger charge is 2.25. The van der Waals surface area contributed by atoms with Gasteiger partial charge >= 0.3 is 0 Å². The summed E-state index contributed by atoms with van der Waals surface area (Å²) in [6.07, 6.45) is 6.45. The van der Waals surface area contributed by atoms with Crippen LogP contribution in [0.4, 0.5) is 0 Å². The summed E-state index contributed by atoms with van der Waals surface area (Å²) in [5.41, 5.74) is 11.8. The molecule has 4 aromatic rings. The molecule has 2 N–H and O–H groups in total. The first kappa shape index (κ1) is 19.3. The Kier molecular flexibility index (Phi) is 4.62. The van der Waals surface area contributed by atoms with Gasteiger partial charge in [-0.05, 0) is 82.1 Å². The summed E-state index contributed by atoms with van der Waals surface area (Å²) in [7, 11) is 0. The molecular weight excluding hydrogens is 412 g/mol. The Morgan fingerprint density at radius 1 is 0.906 bits per heavy atom. The van der Waals surface area contributed by atoms with E-state index < -0.39 is 5.91 Å². The maximum absolute atomic E-state index is 12.7. The lowest BCUT2D eigenvalue weighted by molar-refractivity contribution is -0.114. The zero-order valence-corrected chi connectivity index (χ0v) is 18.4. The van der Waals surface area contributed by atoms with E-state index in [0.717, 1.165) is 34.3 Å². The summed E-state index contributed by atoms with van der Waals surface area (Å²) in [4.78, 5) is 13.7. The molecule has 0 aromatic heterocycles. The highest BCUT2D eigenvalue weighted by atomic mass is 32.2. The second-order valence-electron chi connectivity index (χ2n) is 8.47. The number of primary amides is 1. The molecule has 6 rings (SSSR count). The number of fused-ring (bicyclic) bond motifs is 6. The number of aryl methyl sites for hydroxylation is 2. The van der Waals surface area contributed by atoms with Crippen molar-refractivity contribution in [1.29, 1.82) is 0 Å². The predicted octanol–water partition coefficient (Wildman–Crippen LogP) is 6.25. The molecule has 0 saturated carbocycles. The van der Waals surface area contributed by atoms with Crippen molar-refractivity contribution in [2.45, 2.75) is 30.6 Å². The largest absolute Gasteiger partial charge is 0.366 e. The molecule has 3 nitrogen and oxygen atoms in total. The van der Waals surface area contributed by atoms with Crippen molar-refractivity contribution in [2.24, 2.45) is 10.1 Å². The number of amides is 1. The van der Waals surface area contributed by atoms with Crippen LogP contribution >= 0.6 is 11.9 Å². The number of nitrogens with zero attached hydrogens (tertiary/aromatic N) is 1. The first-order chi connectivity index (χ1) is 15.7. The molecule has 0 atom stereocenters. The molecule has 4 heteroatoms. The van der Waals surface area contributed by atoms with Gasteiger partial charge < -0.3 is 5.73 Å². The van der Waals surface area contributed by atoms with Gasteiger partial charge in [0.25, 0.3) is 5.91 Å². The number of carbonyl (C=O) groups excluding carboxylic acids is 1. The van der Waals surface area contributed by atoms with E-state index in [9.17, 15) is 4.79 Å². The standard InChI is InChI=1S/C28H22N2OS/c29-28(31)24-16-19-9-3-6-12-25(19)32-30-27(24)23-15-18-8-2-4-10-20(18)22-14-13-17-7-1-5-11-21(17)26(22)23/h2-4,6,8-10,12-16H,1,5,7,11H2,(H2,29,31). The van der Waals surface area contributed by atoms with Crippen LogP contribution < -0.4 is 5.73 Å². The Hall–Kier alpha value is -3.37. The van der Waals surface area contributed by atoms with Crippen molar-refractivity contribution in [3.05, 3.63) is 94.6 Å². The lowest BCUT2D eigenvalue weighted by Gasteiger charge is -2.22. The van der Waals surface area contributed by atoms with Crippen LogP contribution in [0.5, 0.6) is 0 Å². The summed E-state index contributed by atoms with van der Waals surface area (Å²) < 4.78 is 4.91. The van der Waals surface area contributed by atoms with E-state index in [-0.39, 0.29) is 0 Å². The molecule has 156 valence electrons. The summed E-state index contributed by atoms with van der Waals surface area (Å²) in [6.45, 7) is 0. The predicted molar refractivity (Wildman–Crippen MR) is 134 cm³/mol. The summed E-state index contributed by atoms with van der Waals surface area (Å²) in [6, 6.07) is 23.2. The number of hydrogen-bond acceptors (Lipinski definition) is 3. The molecule has 0 spiro atoms. The number of carbonyl (C=O) groups is 1. The van der Waals surface area contributed by atoms with Gasteiger partial charge in [0.15, 0.2) is 0 Å². The maximum Gasteiger partial charge on any atom is 0.250 e. The van der Waals surface area contributed by atoms with Crippen LogP contribution in [0.2, 0.25) is 0 Å². The van der Waals surface area contributed by atoms with Gasteiger partial charge in [-0.2, -0.15) is 0 Å². The van der Waals surface area contributed by atoms with Crippen LogP contribution in [0.25, 0.3) is 27.6 Å². The molecule has 1 heterocycles. The summed E-state index contributed by atoms with van der Waals surface area (Å²) >= 11 is 1.41. The van der Waals surface area contributed by atoms with Gasteiger partial charge in [-0.3, -0.25) is 4.79 Å². The normalized spacial score (nSPS) is 15.5. The molecule has 2 aliphatic rings. The van der Waals surface area contributed by atoms with Gasteiger partial charge in [0, 0.05) is 22.4 Å². The number of nitrogens with two attached hydrogens (primary N) is 1. The Labute approximate surface area is 191 Å². The van der Waals surface area contributed by atoms with Gasteiger partial charge in [-0.25, -0.2) is 4.40 Å². The number of benzene rings is 4. The van der Waals surface area contributed by atoms with Crippen LogP contribution in [-0.2, 0) is 17.6 Å².